The first-order chi connectivity index (χ1) is 6.75. The van der Waals surface area contributed by atoms with Gasteiger partial charge in [-0.05, 0) is 12.8 Å². The maximum absolute atomic E-state index is 10.9. The monoisotopic (exact) mass is 196 g/mol. The Labute approximate surface area is 80.9 Å². The van der Waals surface area contributed by atoms with E-state index in [1.165, 1.54) is 17.3 Å². The summed E-state index contributed by atoms with van der Waals surface area (Å²) in [7, 11) is 0. The Hall–Kier alpha value is -1.43. The van der Waals surface area contributed by atoms with Gasteiger partial charge in [-0.15, -0.1) is 0 Å². The Morgan fingerprint density at radius 2 is 2.50 bits per heavy atom. The highest BCUT2D eigenvalue weighted by atomic mass is 16.4. The molecule has 76 valence electrons. The molecule has 0 radical (unpaired) electrons. The number of hydrogen-bond acceptors (Lipinski definition) is 4. The quantitative estimate of drug-likeness (QED) is 0.662. The Morgan fingerprint density at radius 3 is 3.00 bits per heavy atom. The molecule has 1 aliphatic rings. The van der Waals surface area contributed by atoms with Gasteiger partial charge in [-0.1, -0.05) is 0 Å². The van der Waals surface area contributed by atoms with Crippen LogP contribution in [0, 0.1) is 0 Å². The van der Waals surface area contributed by atoms with Crippen molar-refractivity contribution in [3.8, 4) is 0 Å². The molecule has 1 unspecified atom stereocenters. The van der Waals surface area contributed by atoms with Gasteiger partial charge in [0.25, 0.3) is 0 Å². The van der Waals surface area contributed by atoms with Crippen molar-refractivity contribution >= 4 is 5.97 Å². The van der Waals surface area contributed by atoms with Gasteiger partial charge in [0, 0.05) is 6.04 Å². The lowest BCUT2D eigenvalue weighted by Gasteiger charge is -2.13. The normalized spacial score (nSPS) is 18.0. The van der Waals surface area contributed by atoms with Crippen LogP contribution >= 0.6 is 0 Å². The lowest BCUT2D eigenvalue weighted by molar-refractivity contribution is -0.140. The number of carboxylic acids is 1. The van der Waals surface area contributed by atoms with Gasteiger partial charge in [0.1, 0.15) is 18.7 Å². The average Bonchev–Trinajstić information content (AvgIpc) is 2.80. The molecular weight excluding hydrogens is 184 g/mol. The van der Waals surface area contributed by atoms with E-state index in [0.29, 0.717) is 12.6 Å². The minimum Gasteiger partial charge on any atom is -0.480 e. The average molecular weight is 196 g/mol. The van der Waals surface area contributed by atoms with Crippen molar-refractivity contribution in [3.05, 3.63) is 12.7 Å². The van der Waals surface area contributed by atoms with E-state index in [1.807, 2.05) is 0 Å². The third-order valence-corrected chi connectivity index (χ3v) is 2.15. The van der Waals surface area contributed by atoms with Gasteiger partial charge in [0.2, 0.25) is 0 Å². The van der Waals surface area contributed by atoms with Crippen LogP contribution in [0.5, 0.6) is 0 Å². The number of carboxylic acid groups (broad SMARTS) is 1. The predicted octanol–water partition coefficient (Wildman–Crippen LogP) is -0.517. The summed E-state index contributed by atoms with van der Waals surface area (Å²) >= 11 is 0. The standard InChI is InChI=1S/C8H12N4O2/c13-8(14)7(11-6-1-2-6)3-12-5-9-4-10-12/h4-7,11H,1-3H2,(H,13,14). The van der Waals surface area contributed by atoms with Crippen molar-refractivity contribution in [2.75, 3.05) is 0 Å². The van der Waals surface area contributed by atoms with Crippen LogP contribution in [-0.4, -0.2) is 37.9 Å². The van der Waals surface area contributed by atoms with Crippen molar-refractivity contribution < 1.29 is 9.90 Å². The molecule has 0 bridgehead atoms. The first kappa shape index (κ1) is 9.14. The second kappa shape index (κ2) is 3.75. The summed E-state index contributed by atoms with van der Waals surface area (Å²) in [6.07, 6.45) is 5.06. The minimum absolute atomic E-state index is 0.325. The fourth-order valence-corrected chi connectivity index (χ4v) is 1.25. The van der Waals surface area contributed by atoms with E-state index in [9.17, 15) is 4.79 Å². The largest absolute Gasteiger partial charge is 0.480 e. The Morgan fingerprint density at radius 1 is 1.71 bits per heavy atom. The van der Waals surface area contributed by atoms with E-state index in [4.69, 9.17) is 5.11 Å². The van der Waals surface area contributed by atoms with Gasteiger partial charge in [0.05, 0.1) is 6.54 Å². The smallest absolute Gasteiger partial charge is 0.322 e. The number of rotatable bonds is 5. The molecule has 1 saturated carbocycles. The van der Waals surface area contributed by atoms with Gasteiger partial charge in [-0.2, -0.15) is 5.10 Å². The molecule has 0 amide bonds. The molecule has 6 nitrogen and oxygen atoms in total. The molecule has 14 heavy (non-hydrogen) atoms. The van der Waals surface area contributed by atoms with Crippen molar-refractivity contribution in [3.63, 3.8) is 0 Å². The van der Waals surface area contributed by atoms with Crippen LogP contribution in [0.4, 0.5) is 0 Å². The highest BCUT2D eigenvalue weighted by Crippen LogP contribution is 2.19. The van der Waals surface area contributed by atoms with E-state index in [-0.39, 0.29) is 0 Å². The van der Waals surface area contributed by atoms with E-state index in [0.717, 1.165) is 12.8 Å². The highest BCUT2D eigenvalue weighted by molar-refractivity contribution is 5.73. The first-order valence-electron chi connectivity index (χ1n) is 4.57. The summed E-state index contributed by atoms with van der Waals surface area (Å²) in [5.74, 6) is -0.840. The molecule has 0 saturated heterocycles. The second-order valence-electron chi connectivity index (χ2n) is 3.45. The molecule has 1 aromatic heterocycles. The summed E-state index contributed by atoms with van der Waals surface area (Å²) in [6.45, 7) is 0.325. The molecule has 1 aliphatic carbocycles. The Bertz CT molecular complexity index is 307. The fraction of sp³-hybridized carbons (Fsp3) is 0.625. The summed E-state index contributed by atoms with van der Waals surface area (Å²) < 4.78 is 1.52. The number of aromatic nitrogens is 3. The SMILES string of the molecule is O=C(O)C(Cn1cncn1)NC1CC1. The van der Waals surface area contributed by atoms with Crippen LogP contribution in [0.1, 0.15) is 12.8 Å². The van der Waals surface area contributed by atoms with Crippen LogP contribution in [0.3, 0.4) is 0 Å². The fourth-order valence-electron chi connectivity index (χ4n) is 1.25. The molecule has 0 spiro atoms. The number of nitrogens with zero attached hydrogens (tertiary/aromatic N) is 3. The molecule has 1 atom stereocenters. The van der Waals surface area contributed by atoms with Gasteiger partial charge >= 0.3 is 5.97 Å². The zero-order chi connectivity index (χ0) is 9.97. The topological polar surface area (TPSA) is 80.0 Å². The van der Waals surface area contributed by atoms with Crippen LogP contribution in [0.2, 0.25) is 0 Å². The third kappa shape index (κ3) is 2.29. The Kier molecular flexibility index (Phi) is 2.45. The molecule has 2 rings (SSSR count). The summed E-state index contributed by atoms with van der Waals surface area (Å²) in [5, 5.41) is 15.8. The van der Waals surface area contributed by atoms with Crippen LogP contribution in [0.25, 0.3) is 0 Å². The maximum Gasteiger partial charge on any atom is 0.322 e. The molecule has 6 heteroatoms. The lowest BCUT2D eigenvalue weighted by Crippen LogP contribution is -2.41. The molecule has 0 aromatic carbocycles. The maximum atomic E-state index is 10.9. The van der Waals surface area contributed by atoms with E-state index in [1.54, 1.807) is 0 Å². The molecular formula is C8H12N4O2. The van der Waals surface area contributed by atoms with Gasteiger partial charge < -0.3 is 10.4 Å². The van der Waals surface area contributed by atoms with Gasteiger partial charge in [-0.3, -0.25) is 9.48 Å². The molecule has 1 aromatic rings. The van der Waals surface area contributed by atoms with Crippen molar-refractivity contribution in [2.45, 2.75) is 31.5 Å². The highest BCUT2D eigenvalue weighted by Gasteiger charge is 2.28. The Balaban J connectivity index is 1.92. The molecule has 1 fully saturated rings. The van der Waals surface area contributed by atoms with Gasteiger partial charge in [-0.25, -0.2) is 4.98 Å². The van der Waals surface area contributed by atoms with Crippen LogP contribution in [-0.2, 0) is 11.3 Å². The van der Waals surface area contributed by atoms with Gasteiger partial charge in [0.15, 0.2) is 0 Å². The molecule has 0 aliphatic heterocycles. The number of carbonyl (C=O) groups is 1. The molecule has 1 heterocycles. The number of nitrogens with one attached hydrogen (secondary N) is 1. The minimum atomic E-state index is -0.840. The number of hydrogen-bond donors (Lipinski definition) is 2. The van der Waals surface area contributed by atoms with Crippen molar-refractivity contribution in [1.82, 2.24) is 20.1 Å². The molecule has 2 N–H and O–H groups in total. The van der Waals surface area contributed by atoms with Crippen LogP contribution < -0.4 is 5.32 Å². The zero-order valence-electron chi connectivity index (χ0n) is 7.63. The summed E-state index contributed by atoms with van der Waals surface area (Å²) in [6, 6.07) is -0.191. The van der Waals surface area contributed by atoms with Crippen molar-refractivity contribution in [2.24, 2.45) is 0 Å². The third-order valence-electron chi connectivity index (χ3n) is 2.15. The lowest BCUT2D eigenvalue weighted by atomic mass is 10.3. The first-order valence-corrected chi connectivity index (χ1v) is 4.57. The summed E-state index contributed by atoms with van der Waals surface area (Å²) in [5.41, 5.74) is 0. The number of aliphatic carboxylic acids is 1. The predicted molar refractivity (Wildman–Crippen MR) is 47.6 cm³/mol. The van der Waals surface area contributed by atoms with E-state index < -0.39 is 12.0 Å². The van der Waals surface area contributed by atoms with Crippen molar-refractivity contribution in [1.29, 1.82) is 0 Å². The summed E-state index contributed by atoms with van der Waals surface area (Å²) in [4.78, 5) is 14.6. The second-order valence-corrected chi connectivity index (χ2v) is 3.45. The van der Waals surface area contributed by atoms with E-state index >= 15 is 0 Å². The van der Waals surface area contributed by atoms with E-state index in [2.05, 4.69) is 15.4 Å². The van der Waals surface area contributed by atoms with Crippen LogP contribution in [0.15, 0.2) is 12.7 Å². The zero-order valence-corrected chi connectivity index (χ0v) is 7.63.